The highest BCUT2D eigenvalue weighted by Gasteiger charge is 2.47. The van der Waals surface area contributed by atoms with Crippen LogP contribution in [0.2, 0.25) is 10.0 Å². The molecule has 0 aromatic heterocycles. The Hall–Kier alpha value is -1.98. The van der Waals surface area contributed by atoms with Gasteiger partial charge in [-0.3, -0.25) is 14.2 Å². The standard InChI is InChI=1S/C21H28Cl2N2O3.C7H8O3S/c1-4-9-24(2)19-14-21(27-10-11-28-21)8-7-18(19)25(3)20(26)13-15-5-6-16(22)17(23)12-15;1-6-2-4-7(5-3-6)11(8,9)10/h4-6,12,18-19H,1,7-11,13-14H2,2-3H3;2-5H,1H3,(H,8,9,10)/t18-,19-;/m0./s1. The summed E-state index contributed by atoms with van der Waals surface area (Å²) in [6.07, 6.45) is 4.54. The quantitative estimate of drug-likeness (QED) is 0.353. The van der Waals surface area contributed by atoms with E-state index in [0.29, 0.717) is 29.7 Å². The van der Waals surface area contributed by atoms with Crippen LogP contribution >= 0.6 is 23.2 Å². The van der Waals surface area contributed by atoms with Gasteiger partial charge in [0.2, 0.25) is 5.91 Å². The van der Waals surface area contributed by atoms with Gasteiger partial charge in [-0.25, -0.2) is 0 Å². The van der Waals surface area contributed by atoms with Crippen molar-refractivity contribution in [2.24, 2.45) is 0 Å². The molecule has 0 bridgehead atoms. The van der Waals surface area contributed by atoms with Crippen LogP contribution in [-0.4, -0.2) is 80.4 Å². The molecule has 2 fully saturated rings. The first-order valence-corrected chi connectivity index (χ1v) is 14.9. The molecule has 0 unspecified atom stereocenters. The number of nitrogens with zero attached hydrogens (tertiary/aromatic N) is 2. The SMILES string of the molecule is C=CCN(C)[C@H]1CC2(CC[C@@H]1N(C)C(=O)Cc1ccc(Cl)c(Cl)c1)OCCO2.Cc1ccc(S(=O)(=O)O)cc1. The zero-order valence-electron chi connectivity index (χ0n) is 22.5. The van der Waals surface area contributed by atoms with E-state index in [1.807, 2.05) is 31.0 Å². The minimum atomic E-state index is -4.02. The van der Waals surface area contributed by atoms with E-state index in [4.69, 9.17) is 37.2 Å². The van der Waals surface area contributed by atoms with Crippen LogP contribution in [0.1, 0.15) is 30.4 Å². The Morgan fingerprint density at radius 1 is 1.10 bits per heavy atom. The highest BCUT2D eigenvalue weighted by Crippen LogP contribution is 2.39. The van der Waals surface area contributed by atoms with Crippen molar-refractivity contribution >= 4 is 39.2 Å². The summed E-state index contributed by atoms with van der Waals surface area (Å²) >= 11 is 12.1. The third-order valence-electron chi connectivity index (χ3n) is 7.13. The summed E-state index contributed by atoms with van der Waals surface area (Å²) in [4.78, 5) is 17.0. The lowest BCUT2D eigenvalue weighted by Gasteiger charge is -2.47. The number of rotatable bonds is 7. The molecule has 1 aliphatic carbocycles. The maximum absolute atomic E-state index is 13.0. The molecule has 2 aliphatic rings. The average molecular weight is 600 g/mol. The number of aryl methyl sites for hydroxylation is 1. The van der Waals surface area contributed by atoms with Gasteiger partial charge in [-0.05, 0) is 50.2 Å². The van der Waals surface area contributed by atoms with E-state index in [9.17, 15) is 13.2 Å². The summed E-state index contributed by atoms with van der Waals surface area (Å²) in [5, 5.41) is 0.958. The Balaban J connectivity index is 0.000000320. The Kier molecular flexibility index (Phi) is 11.0. The summed E-state index contributed by atoms with van der Waals surface area (Å²) in [7, 11) is -0.0769. The zero-order valence-corrected chi connectivity index (χ0v) is 24.8. The lowest BCUT2D eigenvalue weighted by Crippen LogP contribution is -2.58. The predicted octanol–water partition coefficient (Wildman–Crippen LogP) is 5.02. The molecule has 2 aromatic rings. The summed E-state index contributed by atoms with van der Waals surface area (Å²) in [5.41, 5.74) is 1.81. The van der Waals surface area contributed by atoms with E-state index in [0.717, 1.165) is 36.9 Å². The number of halogens is 2. The van der Waals surface area contributed by atoms with Crippen molar-refractivity contribution in [3.63, 3.8) is 0 Å². The first-order valence-electron chi connectivity index (χ1n) is 12.7. The second-order valence-corrected chi connectivity index (χ2v) is 12.2. The smallest absolute Gasteiger partial charge is 0.294 e. The average Bonchev–Trinajstić information content (AvgIpc) is 3.33. The van der Waals surface area contributed by atoms with E-state index in [2.05, 4.69) is 18.5 Å². The Morgan fingerprint density at radius 2 is 1.74 bits per heavy atom. The van der Waals surface area contributed by atoms with Crippen LogP contribution in [0.5, 0.6) is 0 Å². The molecule has 214 valence electrons. The number of hydrogen-bond acceptors (Lipinski definition) is 6. The fraction of sp³-hybridized carbons (Fsp3) is 0.464. The molecule has 1 heterocycles. The van der Waals surface area contributed by atoms with Crippen molar-refractivity contribution in [2.45, 2.75) is 55.4 Å². The first-order chi connectivity index (χ1) is 18.3. The molecule has 1 saturated carbocycles. The Labute approximate surface area is 241 Å². The molecule has 8 nitrogen and oxygen atoms in total. The highest BCUT2D eigenvalue weighted by atomic mass is 35.5. The van der Waals surface area contributed by atoms with Crippen LogP contribution < -0.4 is 0 Å². The van der Waals surface area contributed by atoms with Gasteiger partial charge in [0.25, 0.3) is 10.1 Å². The number of ether oxygens (including phenoxy) is 2. The van der Waals surface area contributed by atoms with E-state index in [1.54, 1.807) is 24.3 Å². The minimum Gasteiger partial charge on any atom is -0.347 e. The maximum atomic E-state index is 13.0. The van der Waals surface area contributed by atoms with E-state index < -0.39 is 15.9 Å². The normalized spacial score (nSPS) is 20.4. The van der Waals surface area contributed by atoms with Crippen molar-refractivity contribution in [2.75, 3.05) is 33.9 Å². The minimum absolute atomic E-state index is 0.0598. The van der Waals surface area contributed by atoms with Gasteiger partial charge in [0.15, 0.2) is 5.79 Å². The number of benzene rings is 2. The van der Waals surface area contributed by atoms with Crippen LogP contribution in [-0.2, 0) is 30.8 Å². The second kappa shape index (κ2) is 13.6. The second-order valence-electron chi connectivity index (χ2n) is 9.93. The molecule has 1 amide bonds. The van der Waals surface area contributed by atoms with Crippen LogP contribution in [0.25, 0.3) is 0 Å². The maximum Gasteiger partial charge on any atom is 0.294 e. The number of carbonyl (C=O) groups is 1. The van der Waals surface area contributed by atoms with E-state index in [-0.39, 0.29) is 22.9 Å². The van der Waals surface area contributed by atoms with Crippen molar-refractivity contribution in [1.29, 1.82) is 0 Å². The van der Waals surface area contributed by atoms with Crippen LogP contribution in [0.4, 0.5) is 0 Å². The molecule has 1 N–H and O–H groups in total. The van der Waals surface area contributed by atoms with E-state index in [1.165, 1.54) is 12.1 Å². The van der Waals surface area contributed by atoms with Crippen LogP contribution in [0, 0.1) is 6.92 Å². The van der Waals surface area contributed by atoms with Crippen molar-refractivity contribution in [3.8, 4) is 0 Å². The third kappa shape index (κ3) is 8.50. The molecule has 39 heavy (non-hydrogen) atoms. The molecule has 2 atom stereocenters. The summed E-state index contributed by atoms with van der Waals surface area (Å²) in [6.45, 7) is 7.70. The molecule has 11 heteroatoms. The van der Waals surface area contributed by atoms with Gasteiger partial charge < -0.3 is 14.4 Å². The van der Waals surface area contributed by atoms with Gasteiger partial charge in [0.05, 0.1) is 34.6 Å². The van der Waals surface area contributed by atoms with Gasteiger partial charge in [-0.1, -0.05) is 53.0 Å². The molecular formula is C28H36Cl2N2O6S. The van der Waals surface area contributed by atoms with Gasteiger partial charge >= 0.3 is 0 Å². The first kappa shape index (κ1) is 31.5. The van der Waals surface area contributed by atoms with E-state index >= 15 is 0 Å². The molecular weight excluding hydrogens is 563 g/mol. The fourth-order valence-corrected chi connectivity index (χ4v) is 5.76. The lowest BCUT2D eigenvalue weighted by atomic mass is 9.83. The van der Waals surface area contributed by atoms with Crippen molar-refractivity contribution in [3.05, 3.63) is 76.3 Å². The van der Waals surface area contributed by atoms with Crippen LogP contribution in [0.15, 0.2) is 60.0 Å². The largest absolute Gasteiger partial charge is 0.347 e. The molecule has 1 saturated heterocycles. The third-order valence-corrected chi connectivity index (χ3v) is 8.74. The summed E-state index contributed by atoms with van der Waals surface area (Å²) < 4.78 is 41.4. The zero-order chi connectivity index (χ0) is 28.8. The molecule has 0 radical (unpaired) electrons. The van der Waals surface area contributed by atoms with Gasteiger partial charge in [0.1, 0.15) is 0 Å². The Morgan fingerprint density at radius 3 is 2.31 bits per heavy atom. The van der Waals surface area contributed by atoms with Gasteiger partial charge in [0, 0.05) is 38.5 Å². The number of hydrogen-bond donors (Lipinski definition) is 1. The molecule has 1 aliphatic heterocycles. The molecule has 2 aromatic carbocycles. The summed E-state index contributed by atoms with van der Waals surface area (Å²) in [6, 6.07) is 11.5. The van der Waals surface area contributed by atoms with Gasteiger partial charge in [-0.15, -0.1) is 6.58 Å². The van der Waals surface area contributed by atoms with Gasteiger partial charge in [-0.2, -0.15) is 8.42 Å². The molecule has 4 rings (SSSR count). The summed E-state index contributed by atoms with van der Waals surface area (Å²) in [5.74, 6) is -0.450. The number of carbonyl (C=O) groups excluding carboxylic acids is 1. The predicted molar refractivity (Wildman–Crippen MR) is 153 cm³/mol. The Bertz CT molecular complexity index is 1250. The monoisotopic (exact) mass is 598 g/mol. The fourth-order valence-electron chi connectivity index (χ4n) is 4.96. The highest BCUT2D eigenvalue weighted by molar-refractivity contribution is 7.85. The van der Waals surface area contributed by atoms with Crippen molar-refractivity contribution in [1.82, 2.24) is 9.80 Å². The number of amides is 1. The lowest BCUT2D eigenvalue weighted by molar-refractivity contribution is -0.198. The topological polar surface area (TPSA) is 96.4 Å². The number of likely N-dealkylation sites (N-methyl/N-ethyl adjacent to an activating group) is 2. The molecule has 1 spiro atoms. The van der Waals surface area contributed by atoms with Crippen LogP contribution in [0.3, 0.4) is 0 Å². The van der Waals surface area contributed by atoms with Crippen molar-refractivity contribution < 1.29 is 27.2 Å².